The average molecular weight is 352 g/mol. The monoisotopic (exact) mass is 352 g/mol. The summed E-state index contributed by atoms with van der Waals surface area (Å²) in [6.07, 6.45) is -0.403. The zero-order chi connectivity index (χ0) is 18.0. The van der Waals surface area contributed by atoms with Crippen molar-refractivity contribution in [3.8, 4) is 0 Å². The van der Waals surface area contributed by atoms with Crippen molar-refractivity contribution in [1.82, 2.24) is 14.9 Å². The Kier molecular flexibility index (Phi) is 4.95. The normalized spacial score (nSPS) is 17.6. The van der Waals surface area contributed by atoms with Gasteiger partial charge in [0.15, 0.2) is 0 Å². The Morgan fingerprint density at radius 2 is 1.84 bits per heavy atom. The van der Waals surface area contributed by atoms with Gasteiger partial charge in [-0.1, -0.05) is 24.3 Å². The number of amides is 1. The van der Waals surface area contributed by atoms with Gasteiger partial charge in [-0.05, 0) is 11.1 Å². The van der Waals surface area contributed by atoms with Gasteiger partial charge < -0.3 is 15.4 Å². The van der Waals surface area contributed by atoms with Crippen LogP contribution in [0.2, 0.25) is 0 Å². The van der Waals surface area contributed by atoms with Crippen molar-refractivity contribution in [3.05, 3.63) is 58.9 Å². The van der Waals surface area contributed by atoms with Gasteiger partial charge in [0.25, 0.3) is 17.8 Å². The van der Waals surface area contributed by atoms with Crippen molar-refractivity contribution in [3.63, 3.8) is 0 Å². The number of rotatable bonds is 3. The van der Waals surface area contributed by atoms with Gasteiger partial charge in [-0.15, -0.1) is 0 Å². The van der Waals surface area contributed by atoms with Gasteiger partial charge in [-0.3, -0.25) is 4.79 Å². The number of nitrogens with two attached hydrogens (primary N) is 1. The largest absolute Gasteiger partial charge is 0.370 e. The number of carbonyl (C=O) groups is 1. The van der Waals surface area contributed by atoms with Crippen LogP contribution in [0.4, 0.5) is 13.2 Å². The second-order valence-corrected chi connectivity index (χ2v) is 5.50. The molecule has 0 bridgehead atoms. The molecule has 1 aliphatic heterocycles. The van der Waals surface area contributed by atoms with Gasteiger partial charge in [-0.25, -0.2) is 0 Å². The third-order valence-electron chi connectivity index (χ3n) is 3.90. The summed E-state index contributed by atoms with van der Waals surface area (Å²) in [6, 6.07) is 7.39. The van der Waals surface area contributed by atoms with Crippen LogP contribution in [0.5, 0.6) is 0 Å². The highest BCUT2D eigenvalue weighted by Gasteiger charge is 2.29. The maximum atomic E-state index is 13.2. The molecule has 1 amide bonds. The third-order valence-corrected chi connectivity index (χ3v) is 3.90. The molecule has 0 saturated carbocycles. The second-order valence-electron chi connectivity index (χ2n) is 5.50. The van der Waals surface area contributed by atoms with Crippen molar-refractivity contribution < 1.29 is 22.7 Å². The number of benzene rings is 1. The zero-order valence-corrected chi connectivity index (χ0v) is 13.1. The van der Waals surface area contributed by atoms with E-state index in [2.05, 4.69) is 9.97 Å². The fourth-order valence-electron chi connectivity index (χ4n) is 2.54. The van der Waals surface area contributed by atoms with E-state index in [0.717, 1.165) is 11.1 Å². The number of nitrogens with zero attached hydrogens (tertiary/aromatic N) is 3. The van der Waals surface area contributed by atoms with Crippen LogP contribution in [-0.4, -0.2) is 40.5 Å². The summed E-state index contributed by atoms with van der Waals surface area (Å²) in [5.41, 5.74) is 7.35. The number of aromatic nitrogens is 2. The molecule has 1 aliphatic rings. The maximum Gasteiger partial charge on any atom is 0.292 e. The molecule has 9 heteroatoms. The van der Waals surface area contributed by atoms with Crippen molar-refractivity contribution in [2.75, 3.05) is 19.7 Å². The number of carbonyl (C=O) groups excluding carboxylic acids is 1. The molecule has 1 atom stereocenters. The number of hydrogen-bond donors (Lipinski definition) is 1. The maximum absolute atomic E-state index is 13.2. The third kappa shape index (κ3) is 3.62. The fourth-order valence-corrected chi connectivity index (χ4v) is 2.54. The molecule has 25 heavy (non-hydrogen) atoms. The smallest absolute Gasteiger partial charge is 0.292 e. The molecule has 1 aromatic carbocycles. The van der Waals surface area contributed by atoms with Gasteiger partial charge in [0, 0.05) is 13.1 Å². The Hall–Kier alpha value is -2.52. The summed E-state index contributed by atoms with van der Waals surface area (Å²) in [5.74, 6) is -6.72. The first-order chi connectivity index (χ1) is 12.0. The van der Waals surface area contributed by atoms with E-state index in [9.17, 15) is 18.0 Å². The van der Waals surface area contributed by atoms with E-state index in [0.29, 0.717) is 6.54 Å². The van der Waals surface area contributed by atoms with E-state index in [-0.39, 0.29) is 19.7 Å². The van der Waals surface area contributed by atoms with Crippen LogP contribution in [0, 0.1) is 17.7 Å². The lowest BCUT2D eigenvalue weighted by Gasteiger charge is -2.32. The fraction of sp³-hybridized carbons (Fsp3) is 0.312. The first kappa shape index (κ1) is 17.3. The summed E-state index contributed by atoms with van der Waals surface area (Å²) in [4.78, 5) is 19.9. The van der Waals surface area contributed by atoms with E-state index in [1.807, 2.05) is 24.3 Å². The van der Waals surface area contributed by atoms with E-state index < -0.39 is 35.5 Å². The summed E-state index contributed by atoms with van der Waals surface area (Å²) >= 11 is 0. The second kappa shape index (κ2) is 7.16. The predicted molar refractivity (Wildman–Crippen MR) is 80.8 cm³/mol. The van der Waals surface area contributed by atoms with Gasteiger partial charge in [-0.2, -0.15) is 23.1 Å². The molecule has 6 nitrogen and oxygen atoms in total. The average Bonchev–Trinajstić information content (AvgIpc) is 2.65. The Morgan fingerprint density at radius 1 is 1.20 bits per heavy atom. The molecule has 1 aromatic heterocycles. The highest BCUT2D eigenvalue weighted by Crippen LogP contribution is 2.23. The molecule has 1 unspecified atom stereocenters. The first-order valence-corrected chi connectivity index (χ1v) is 7.58. The SMILES string of the molecule is NCc1ccc(C2CN(C(=O)c3nc(F)c(F)c(F)n3)CCO2)cc1. The van der Waals surface area contributed by atoms with Gasteiger partial charge in [0.05, 0.1) is 13.2 Å². The Bertz CT molecular complexity index is 762. The lowest BCUT2D eigenvalue weighted by molar-refractivity contribution is -0.0233. The highest BCUT2D eigenvalue weighted by atomic mass is 19.2. The van der Waals surface area contributed by atoms with Crippen LogP contribution in [-0.2, 0) is 11.3 Å². The van der Waals surface area contributed by atoms with E-state index in [4.69, 9.17) is 10.5 Å². The molecular weight excluding hydrogens is 337 g/mol. The topological polar surface area (TPSA) is 81.3 Å². The zero-order valence-electron chi connectivity index (χ0n) is 13.1. The van der Waals surface area contributed by atoms with E-state index >= 15 is 0 Å². The number of morpholine rings is 1. The molecular formula is C16H15F3N4O2. The molecule has 1 saturated heterocycles. The van der Waals surface area contributed by atoms with E-state index in [1.165, 1.54) is 4.90 Å². The lowest BCUT2D eigenvalue weighted by atomic mass is 10.1. The van der Waals surface area contributed by atoms with Crippen molar-refractivity contribution in [2.45, 2.75) is 12.6 Å². The molecule has 2 N–H and O–H groups in total. The summed E-state index contributed by atoms with van der Waals surface area (Å²) < 4.78 is 45.0. The Morgan fingerprint density at radius 3 is 2.44 bits per heavy atom. The Balaban J connectivity index is 1.77. The highest BCUT2D eigenvalue weighted by molar-refractivity contribution is 5.90. The van der Waals surface area contributed by atoms with Crippen molar-refractivity contribution >= 4 is 5.91 Å². The van der Waals surface area contributed by atoms with Gasteiger partial charge in [0.1, 0.15) is 6.10 Å². The molecule has 2 aromatic rings. The summed E-state index contributed by atoms with van der Waals surface area (Å²) in [6.45, 7) is 1.02. The number of halogens is 3. The van der Waals surface area contributed by atoms with Gasteiger partial charge in [0.2, 0.25) is 11.6 Å². The summed E-state index contributed by atoms with van der Waals surface area (Å²) in [5, 5.41) is 0. The molecule has 2 heterocycles. The van der Waals surface area contributed by atoms with Crippen LogP contribution >= 0.6 is 0 Å². The van der Waals surface area contributed by atoms with Gasteiger partial charge >= 0.3 is 0 Å². The number of hydrogen-bond acceptors (Lipinski definition) is 5. The minimum Gasteiger partial charge on any atom is -0.370 e. The molecule has 1 fully saturated rings. The van der Waals surface area contributed by atoms with Crippen LogP contribution in [0.1, 0.15) is 27.8 Å². The molecule has 132 valence electrons. The van der Waals surface area contributed by atoms with E-state index in [1.54, 1.807) is 0 Å². The standard InChI is InChI=1S/C16H15F3N4O2/c17-12-13(18)21-15(22-14(12)19)16(24)23-5-6-25-11(8-23)10-3-1-9(7-20)2-4-10/h1-4,11H,5-8,20H2. The van der Waals surface area contributed by atoms with Crippen molar-refractivity contribution in [2.24, 2.45) is 5.73 Å². The molecule has 0 radical (unpaired) electrons. The summed E-state index contributed by atoms with van der Waals surface area (Å²) in [7, 11) is 0. The minimum absolute atomic E-state index is 0.158. The van der Waals surface area contributed by atoms with Crippen LogP contribution in [0.15, 0.2) is 24.3 Å². The predicted octanol–water partition coefficient (Wildman–Crippen LogP) is 1.57. The van der Waals surface area contributed by atoms with Crippen LogP contribution in [0.25, 0.3) is 0 Å². The quantitative estimate of drug-likeness (QED) is 0.848. The first-order valence-electron chi connectivity index (χ1n) is 7.58. The molecule has 0 aliphatic carbocycles. The molecule has 3 rings (SSSR count). The minimum atomic E-state index is -1.81. The van der Waals surface area contributed by atoms with Crippen LogP contribution in [0.3, 0.4) is 0 Å². The Labute approximate surface area is 141 Å². The van der Waals surface area contributed by atoms with Crippen molar-refractivity contribution in [1.29, 1.82) is 0 Å². The lowest BCUT2D eigenvalue weighted by Crippen LogP contribution is -2.43. The molecule has 0 spiro atoms. The van der Waals surface area contributed by atoms with Crippen LogP contribution < -0.4 is 5.73 Å². The number of ether oxygens (including phenoxy) is 1.